The highest BCUT2D eigenvalue weighted by atomic mass is 19.4. The molecule has 1 atom stereocenters. The van der Waals surface area contributed by atoms with Gasteiger partial charge in [-0.3, -0.25) is 0 Å². The molecule has 0 aliphatic rings. The summed E-state index contributed by atoms with van der Waals surface area (Å²) in [6.07, 6.45) is -4.48. The van der Waals surface area contributed by atoms with Gasteiger partial charge in [0.05, 0.1) is 0 Å². The van der Waals surface area contributed by atoms with Crippen LogP contribution < -0.4 is 5.32 Å². The second kappa shape index (κ2) is 7.57. The Labute approximate surface area is 115 Å². The van der Waals surface area contributed by atoms with Gasteiger partial charge in [0.25, 0.3) is 0 Å². The molecule has 20 heavy (non-hydrogen) atoms. The van der Waals surface area contributed by atoms with E-state index in [-0.39, 0.29) is 18.9 Å². The molecule has 0 amide bonds. The molecular weight excluding hydrogens is 277 g/mol. The van der Waals surface area contributed by atoms with Crippen LogP contribution in [-0.2, 0) is 6.42 Å². The zero-order chi connectivity index (χ0) is 15.2. The number of halogens is 5. The maximum absolute atomic E-state index is 13.5. The van der Waals surface area contributed by atoms with Crippen LogP contribution >= 0.6 is 0 Å². The smallest absolute Gasteiger partial charge is 0.314 e. The van der Waals surface area contributed by atoms with Gasteiger partial charge in [-0.05, 0) is 37.4 Å². The molecule has 0 aliphatic heterocycles. The van der Waals surface area contributed by atoms with Crippen molar-refractivity contribution >= 4 is 0 Å². The third-order valence-corrected chi connectivity index (χ3v) is 2.99. The molecule has 0 saturated carbocycles. The van der Waals surface area contributed by atoms with E-state index in [2.05, 4.69) is 5.32 Å². The van der Waals surface area contributed by atoms with Gasteiger partial charge in [0.15, 0.2) is 0 Å². The molecule has 0 bridgehead atoms. The molecule has 0 spiro atoms. The van der Waals surface area contributed by atoms with Gasteiger partial charge in [0, 0.05) is 18.5 Å². The van der Waals surface area contributed by atoms with Crippen LogP contribution in [0, 0.1) is 11.6 Å². The number of benzene rings is 1. The predicted molar refractivity (Wildman–Crippen MR) is 67.4 cm³/mol. The summed E-state index contributed by atoms with van der Waals surface area (Å²) in [7, 11) is 0. The Morgan fingerprint density at radius 2 is 1.90 bits per heavy atom. The minimum Gasteiger partial charge on any atom is -0.314 e. The van der Waals surface area contributed by atoms with Gasteiger partial charge in [-0.2, -0.15) is 13.2 Å². The molecule has 114 valence electrons. The van der Waals surface area contributed by atoms with Gasteiger partial charge in [-0.25, -0.2) is 8.78 Å². The molecule has 0 aromatic heterocycles. The van der Waals surface area contributed by atoms with Crippen molar-refractivity contribution in [2.24, 2.45) is 0 Å². The predicted octanol–water partition coefficient (Wildman–Crippen LogP) is 4.22. The summed E-state index contributed by atoms with van der Waals surface area (Å²) in [5.74, 6) is -1.33. The van der Waals surface area contributed by atoms with Gasteiger partial charge >= 0.3 is 6.18 Å². The number of hydrogen-bond acceptors (Lipinski definition) is 1. The van der Waals surface area contributed by atoms with E-state index in [1.54, 1.807) is 0 Å². The Hall–Kier alpha value is -1.17. The first-order valence-corrected chi connectivity index (χ1v) is 6.56. The highest BCUT2D eigenvalue weighted by molar-refractivity contribution is 5.19. The number of alkyl halides is 3. The summed E-state index contributed by atoms with van der Waals surface area (Å²) < 4.78 is 62.6. The van der Waals surface area contributed by atoms with Gasteiger partial charge in [0.1, 0.15) is 11.6 Å². The first kappa shape index (κ1) is 16.9. The third-order valence-electron chi connectivity index (χ3n) is 2.99. The van der Waals surface area contributed by atoms with E-state index in [1.165, 1.54) is 6.07 Å². The van der Waals surface area contributed by atoms with Crippen LogP contribution in [0.2, 0.25) is 0 Å². The quantitative estimate of drug-likeness (QED) is 0.743. The molecule has 0 heterocycles. The minimum absolute atomic E-state index is 0.00994. The van der Waals surface area contributed by atoms with Crippen LogP contribution in [0.25, 0.3) is 0 Å². The standard InChI is InChI=1S/C14H18F5N/c1-2-20-12(4-3-7-14(17,18)19)8-10-5-6-11(15)9-13(10)16/h5-6,9,12,20H,2-4,7-8H2,1H3. The number of hydrogen-bond donors (Lipinski definition) is 1. The second-order valence-electron chi connectivity index (χ2n) is 4.70. The first-order valence-electron chi connectivity index (χ1n) is 6.56. The van der Waals surface area contributed by atoms with Crippen molar-refractivity contribution < 1.29 is 22.0 Å². The molecule has 0 saturated heterocycles. The third kappa shape index (κ3) is 6.32. The van der Waals surface area contributed by atoms with Crippen molar-refractivity contribution in [1.29, 1.82) is 0 Å². The molecule has 1 unspecified atom stereocenters. The van der Waals surface area contributed by atoms with Crippen LogP contribution in [0.1, 0.15) is 31.7 Å². The topological polar surface area (TPSA) is 12.0 Å². The molecule has 1 aromatic carbocycles. The van der Waals surface area contributed by atoms with E-state index in [0.717, 1.165) is 12.1 Å². The number of nitrogens with one attached hydrogen (secondary N) is 1. The summed E-state index contributed by atoms with van der Waals surface area (Å²) in [5.41, 5.74) is 0.310. The average molecular weight is 295 g/mol. The SMILES string of the molecule is CCNC(CCCC(F)(F)F)Cc1ccc(F)cc1F. The summed E-state index contributed by atoms with van der Waals surface area (Å²) in [4.78, 5) is 0. The minimum atomic E-state index is -4.17. The zero-order valence-electron chi connectivity index (χ0n) is 11.2. The lowest BCUT2D eigenvalue weighted by molar-refractivity contribution is -0.135. The van der Waals surface area contributed by atoms with Crippen molar-refractivity contribution in [2.75, 3.05) is 6.54 Å². The van der Waals surface area contributed by atoms with Crippen LogP contribution in [-0.4, -0.2) is 18.8 Å². The highest BCUT2D eigenvalue weighted by Gasteiger charge is 2.26. The summed E-state index contributed by atoms with van der Waals surface area (Å²) >= 11 is 0. The normalized spacial score (nSPS) is 13.5. The van der Waals surface area contributed by atoms with E-state index in [9.17, 15) is 22.0 Å². The van der Waals surface area contributed by atoms with Gasteiger partial charge < -0.3 is 5.32 Å². The fourth-order valence-corrected chi connectivity index (χ4v) is 2.07. The van der Waals surface area contributed by atoms with Crippen molar-refractivity contribution in [2.45, 2.75) is 44.8 Å². The lowest BCUT2D eigenvalue weighted by Gasteiger charge is -2.18. The van der Waals surface area contributed by atoms with Crippen molar-refractivity contribution in [3.05, 3.63) is 35.4 Å². The maximum atomic E-state index is 13.5. The van der Waals surface area contributed by atoms with Crippen molar-refractivity contribution in [3.63, 3.8) is 0 Å². The fourth-order valence-electron chi connectivity index (χ4n) is 2.07. The fraction of sp³-hybridized carbons (Fsp3) is 0.571. The van der Waals surface area contributed by atoms with Gasteiger partial charge in [0.2, 0.25) is 0 Å². The molecule has 0 aliphatic carbocycles. The van der Waals surface area contributed by atoms with Crippen molar-refractivity contribution in [1.82, 2.24) is 5.32 Å². The molecule has 1 N–H and O–H groups in total. The van der Waals surface area contributed by atoms with Crippen molar-refractivity contribution in [3.8, 4) is 0 Å². The molecule has 0 fully saturated rings. The highest BCUT2D eigenvalue weighted by Crippen LogP contribution is 2.23. The lowest BCUT2D eigenvalue weighted by atomic mass is 10.00. The first-order chi connectivity index (χ1) is 9.31. The zero-order valence-corrected chi connectivity index (χ0v) is 11.2. The van der Waals surface area contributed by atoms with E-state index < -0.39 is 24.2 Å². The maximum Gasteiger partial charge on any atom is 0.389 e. The number of rotatable bonds is 7. The second-order valence-corrected chi connectivity index (χ2v) is 4.70. The average Bonchev–Trinajstić information content (AvgIpc) is 2.31. The summed E-state index contributed by atoms with van der Waals surface area (Å²) in [6.45, 7) is 2.41. The Morgan fingerprint density at radius 1 is 1.20 bits per heavy atom. The Morgan fingerprint density at radius 3 is 2.45 bits per heavy atom. The van der Waals surface area contributed by atoms with Crippen LogP contribution in [0.5, 0.6) is 0 Å². The molecule has 6 heteroatoms. The summed E-state index contributed by atoms with van der Waals surface area (Å²) in [6, 6.07) is 3.02. The monoisotopic (exact) mass is 295 g/mol. The lowest BCUT2D eigenvalue weighted by Crippen LogP contribution is -2.31. The molecule has 1 nitrogen and oxygen atoms in total. The Balaban J connectivity index is 2.57. The van der Waals surface area contributed by atoms with Crippen LogP contribution in [0.4, 0.5) is 22.0 Å². The Bertz CT molecular complexity index is 417. The van der Waals surface area contributed by atoms with Crippen LogP contribution in [0.3, 0.4) is 0 Å². The molecule has 1 aromatic rings. The summed E-state index contributed by atoms with van der Waals surface area (Å²) in [5, 5.41) is 3.03. The van der Waals surface area contributed by atoms with E-state index >= 15 is 0 Å². The van der Waals surface area contributed by atoms with E-state index in [1.807, 2.05) is 6.92 Å². The molecular formula is C14H18F5N. The van der Waals surface area contributed by atoms with E-state index in [4.69, 9.17) is 0 Å². The van der Waals surface area contributed by atoms with Gasteiger partial charge in [-0.1, -0.05) is 13.0 Å². The Kier molecular flexibility index (Phi) is 6.39. The largest absolute Gasteiger partial charge is 0.389 e. The number of likely N-dealkylation sites (N-methyl/N-ethyl adjacent to an activating group) is 1. The van der Waals surface area contributed by atoms with Gasteiger partial charge in [-0.15, -0.1) is 0 Å². The molecule has 0 radical (unpaired) electrons. The molecule has 1 rings (SSSR count). The van der Waals surface area contributed by atoms with E-state index in [0.29, 0.717) is 18.5 Å². The van der Waals surface area contributed by atoms with Crippen LogP contribution in [0.15, 0.2) is 18.2 Å².